The van der Waals surface area contributed by atoms with Crippen LogP contribution >= 0.6 is 0 Å². The second-order valence-electron chi connectivity index (χ2n) is 9.12. The van der Waals surface area contributed by atoms with Gasteiger partial charge in [-0.15, -0.1) is 0 Å². The molecular formula is C24H33N3Si. The predicted molar refractivity (Wildman–Crippen MR) is 122 cm³/mol. The molecule has 0 spiro atoms. The molecule has 0 unspecified atom stereocenters. The van der Waals surface area contributed by atoms with Gasteiger partial charge in [0.1, 0.15) is 0 Å². The maximum Gasteiger partial charge on any atom is 0.205 e. The molecule has 0 bridgehead atoms. The number of hydrogen-bond donors (Lipinski definition) is 0. The molecule has 0 fully saturated rings. The van der Waals surface area contributed by atoms with Crippen molar-refractivity contribution >= 4 is 8.24 Å². The number of hydrogen-bond acceptors (Lipinski definition) is 1. The molecule has 0 amide bonds. The molecule has 0 aliphatic rings. The summed E-state index contributed by atoms with van der Waals surface area (Å²) in [6.45, 7) is 20.0. The molecule has 0 aliphatic heterocycles. The topological polar surface area (TPSA) is 22.2 Å². The Bertz CT molecular complexity index is 984. The number of imidazole rings is 1. The maximum atomic E-state index is 5.28. The molecule has 3 aromatic rings. The molecule has 2 aromatic carbocycles. The van der Waals surface area contributed by atoms with Crippen LogP contribution in [0.3, 0.4) is 0 Å². The van der Waals surface area contributed by atoms with Crippen molar-refractivity contribution in [3.05, 3.63) is 75.7 Å². The van der Waals surface area contributed by atoms with E-state index in [0.717, 1.165) is 5.62 Å². The van der Waals surface area contributed by atoms with Crippen molar-refractivity contribution in [3.63, 3.8) is 0 Å². The first-order valence-electron chi connectivity index (χ1n) is 10.0. The van der Waals surface area contributed by atoms with E-state index in [1.54, 1.807) is 0 Å². The molecule has 0 N–H and O–H groups in total. The lowest BCUT2D eigenvalue weighted by Gasteiger charge is -2.17. The molecule has 3 nitrogen and oxygen atoms in total. The monoisotopic (exact) mass is 391 g/mol. The second kappa shape index (κ2) is 7.25. The van der Waals surface area contributed by atoms with E-state index in [-0.39, 0.29) is 0 Å². The minimum absolute atomic E-state index is 1.02. The minimum atomic E-state index is -1.70. The van der Waals surface area contributed by atoms with Crippen LogP contribution in [-0.2, 0) is 0 Å². The Hall–Kier alpha value is -2.33. The average molecular weight is 392 g/mol. The Labute approximate surface area is 170 Å². The summed E-state index contributed by atoms with van der Waals surface area (Å²) >= 11 is 0. The van der Waals surface area contributed by atoms with Crippen molar-refractivity contribution in [2.75, 3.05) is 0 Å². The van der Waals surface area contributed by atoms with E-state index < -0.39 is 8.24 Å². The molecule has 28 heavy (non-hydrogen) atoms. The molecule has 0 atom stereocenters. The number of benzene rings is 2. The lowest BCUT2D eigenvalue weighted by atomic mass is 10.0. The lowest BCUT2D eigenvalue weighted by Crippen LogP contribution is -2.32. The summed E-state index contributed by atoms with van der Waals surface area (Å²) in [5.41, 5.74) is 11.2. The Morgan fingerprint density at radius 3 is 1.21 bits per heavy atom. The first-order chi connectivity index (χ1) is 13.0. The van der Waals surface area contributed by atoms with Crippen LogP contribution < -0.4 is 5.62 Å². The molecule has 4 heteroatoms. The molecule has 0 saturated heterocycles. The van der Waals surface area contributed by atoms with Gasteiger partial charge in [-0.3, -0.25) is 13.8 Å². The number of rotatable bonds is 3. The van der Waals surface area contributed by atoms with Gasteiger partial charge in [-0.1, -0.05) is 35.4 Å². The van der Waals surface area contributed by atoms with Gasteiger partial charge in [-0.2, -0.15) is 0 Å². The van der Waals surface area contributed by atoms with E-state index in [1.165, 1.54) is 44.8 Å². The number of aromatic nitrogens is 2. The van der Waals surface area contributed by atoms with Gasteiger partial charge in [0.05, 0.1) is 11.4 Å². The average Bonchev–Trinajstić information content (AvgIpc) is 2.87. The third kappa shape index (κ3) is 3.92. The van der Waals surface area contributed by atoms with Gasteiger partial charge in [0.15, 0.2) is 8.24 Å². The zero-order chi connectivity index (χ0) is 20.8. The largest absolute Gasteiger partial charge is 0.291 e. The Balaban J connectivity index is 2.41. The molecule has 1 aromatic heterocycles. The van der Waals surface area contributed by atoms with E-state index in [0.29, 0.717) is 0 Å². The third-order valence-electron chi connectivity index (χ3n) is 4.98. The molecular weight excluding hydrogens is 358 g/mol. The number of aryl methyl sites for hydroxylation is 6. The third-order valence-corrected chi connectivity index (χ3v) is 5.85. The van der Waals surface area contributed by atoms with E-state index in [4.69, 9.17) is 4.66 Å². The van der Waals surface area contributed by atoms with Gasteiger partial charge >= 0.3 is 0 Å². The van der Waals surface area contributed by atoms with Crippen molar-refractivity contribution < 1.29 is 0 Å². The highest BCUT2D eigenvalue weighted by Crippen LogP contribution is 2.23. The van der Waals surface area contributed by atoms with Crippen LogP contribution in [0.1, 0.15) is 33.4 Å². The molecule has 1 heterocycles. The first-order valence-corrected chi connectivity index (χ1v) is 13.4. The fourth-order valence-electron chi connectivity index (χ4n) is 4.24. The summed E-state index contributed by atoms with van der Waals surface area (Å²) < 4.78 is 9.84. The highest BCUT2D eigenvalue weighted by atomic mass is 28.3. The zero-order valence-corrected chi connectivity index (χ0v) is 19.8. The highest BCUT2D eigenvalue weighted by molar-refractivity contribution is 6.74. The van der Waals surface area contributed by atoms with Gasteiger partial charge in [0, 0.05) is 12.4 Å². The standard InChI is InChI=1S/C24H33N3Si/c1-16-12-18(3)22(19(4)13-16)26-10-11-27(24(26)25-28(7,8)9)23-20(5)14-17(2)15-21(23)6/h10-15H,1-9H3. The van der Waals surface area contributed by atoms with Gasteiger partial charge < -0.3 is 0 Å². The number of nitrogens with zero attached hydrogens (tertiary/aromatic N) is 3. The SMILES string of the molecule is Cc1cc(C)c(-n2ccn(-c3c(C)cc(C)cc3C)c2=N[Si](C)(C)C)c(C)c1. The van der Waals surface area contributed by atoms with Crippen molar-refractivity contribution in [3.8, 4) is 11.4 Å². The van der Waals surface area contributed by atoms with E-state index in [1.807, 2.05) is 0 Å². The van der Waals surface area contributed by atoms with Crippen molar-refractivity contribution in [1.82, 2.24) is 9.13 Å². The zero-order valence-electron chi connectivity index (χ0n) is 18.8. The molecule has 0 aliphatic carbocycles. The van der Waals surface area contributed by atoms with Crippen LogP contribution in [0.25, 0.3) is 11.4 Å². The molecule has 148 valence electrons. The van der Waals surface area contributed by atoms with Crippen LogP contribution in [0, 0.1) is 41.5 Å². The van der Waals surface area contributed by atoms with Crippen molar-refractivity contribution in [1.29, 1.82) is 0 Å². The highest BCUT2D eigenvalue weighted by Gasteiger charge is 2.17. The van der Waals surface area contributed by atoms with E-state index in [9.17, 15) is 0 Å². The van der Waals surface area contributed by atoms with Gasteiger partial charge in [-0.05, 0) is 83.4 Å². The predicted octanol–water partition coefficient (Wildman–Crippen LogP) is 5.85. The summed E-state index contributed by atoms with van der Waals surface area (Å²) in [5, 5.41) is 0. The Morgan fingerprint density at radius 2 is 0.929 bits per heavy atom. The smallest absolute Gasteiger partial charge is 0.205 e. The van der Waals surface area contributed by atoms with Gasteiger partial charge in [-0.25, -0.2) is 0 Å². The summed E-state index contributed by atoms with van der Waals surface area (Å²) in [5.74, 6) is 0. The van der Waals surface area contributed by atoms with E-state index >= 15 is 0 Å². The van der Waals surface area contributed by atoms with Crippen LogP contribution in [0.2, 0.25) is 19.6 Å². The fourth-order valence-corrected chi connectivity index (χ4v) is 5.06. The fraction of sp³-hybridized carbons (Fsp3) is 0.375. The van der Waals surface area contributed by atoms with Crippen LogP contribution in [0.4, 0.5) is 0 Å². The van der Waals surface area contributed by atoms with Crippen LogP contribution in [0.5, 0.6) is 0 Å². The summed E-state index contributed by atoms with van der Waals surface area (Å²) in [6, 6.07) is 9.03. The summed E-state index contributed by atoms with van der Waals surface area (Å²) in [6.07, 6.45) is 4.34. The Kier molecular flexibility index (Phi) is 5.28. The van der Waals surface area contributed by atoms with Crippen molar-refractivity contribution in [2.24, 2.45) is 4.66 Å². The quantitative estimate of drug-likeness (QED) is 0.499. The van der Waals surface area contributed by atoms with Crippen LogP contribution in [-0.4, -0.2) is 17.4 Å². The second-order valence-corrected chi connectivity index (χ2v) is 13.7. The summed E-state index contributed by atoms with van der Waals surface area (Å²) in [4.78, 5) is 0. The molecule has 0 radical (unpaired) electrons. The normalized spacial score (nSPS) is 11.8. The lowest BCUT2D eigenvalue weighted by molar-refractivity contribution is 0.853. The Morgan fingerprint density at radius 1 is 0.607 bits per heavy atom. The molecule has 0 saturated carbocycles. The van der Waals surface area contributed by atoms with Gasteiger partial charge in [0.2, 0.25) is 5.62 Å². The minimum Gasteiger partial charge on any atom is -0.291 e. The van der Waals surface area contributed by atoms with Crippen molar-refractivity contribution in [2.45, 2.75) is 61.2 Å². The van der Waals surface area contributed by atoms with Gasteiger partial charge in [0.25, 0.3) is 0 Å². The van der Waals surface area contributed by atoms with Crippen LogP contribution in [0.15, 0.2) is 41.3 Å². The first kappa shape index (κ1) is 20.4. The maximum absolute atomic E-state index is 5.28. The van der Waals surface area contributed by atoms with E-state index in [2.05, 4.69) is 107 Å². The summed E-state index contributed by atoms with van der Waals surface area (Å²) in [7, 11) is -1.70. The molecule has 3 rings (SSSR count).